The Labute approximate surface area is 133 Å². The Bertz CT molecular complexity index is 942. The molecule has 106 valence electrons. The molecule has 0 saturated heterocycles. The first kappa shape index (κ1) is 13.1. The van der Waals surface area contributed by atoms with Crippen molar-refractivity contribution in [3.8, 4) is 16.8 Å². The van der Waals surface area contributed by atoms with Crippen molar-refractivity contribution in [1.82, 2.24) is 9.55 Å². The first-order chi connectivity index (χ1) is 10.8. The highest BCUT2D eigenvalue weighted by molar-refractivity contribution is 6.29. The minimum absolute atomic E-state index is 0.478. The zero-order chi connectivity index (χ0) is 14.9. The summed E-state index contributed by atoms with van der Waals surface area (Å²) in [5.74, 6) is 0. The summed E-state index contributed by atoms with van der Waals surface area (Å²) in [6.45, 7) is 0. The molecule has 2 nitrogen and oxygen atoms in total. The first-order valence-electron chi connectivity index (χ1n) is 7.12. The molecule has 0 fully saturated rings. The molecule has 0 radical (unpaired) electrons. The second-order valence-electron chi connectivity index (χ2n) is 5.12. The van der Waals surface area contributed by atoms with Gasteiger partial charge in [-0.25, -0.2) is 4.98 Å². The summed E-state index contributed by atoms with van der Waals surface area (Å²) >= 11 is 6.35. The number of fused-ring (bicyclic) bond motifs is 1. The van der Waals surface area contributed by atoms with Crippen molar-refractivity contribution >= 4 is 22.6 Å². The lowest BCUT2D eigenvalue weighted by atomic mass is 10.1. The topological polar surface area (TPSA) is 17.8 Å². The number of benzene rings is 3. The van der Waals surface area contributed by atoms with Crippen LogP contribution in [-0.2, 0) is 0 Å². The van der Waals surface area contributed by atoms with Gasteiger partial charge in [0, 0.05) is 5.69 Å². The van der Waals surface area contributed by atoms with Crippen molar-refractivity contribution in [3.05, 3.63) is 84.1 Å². The molecule has 0 aliphatic rings. The average Bonchev–Trinajstić information content (AvgIpc) is 2.91. The molecule has 4 aromatic rings. The van der Waals surface area contributed by atoms with Crippen LogP contribution >= 0.6 is 11.6 Å². The van der Waals surface area contributed by atoms with Gasteiger partial charge in [-0.3, -0.25) is 4.57 Å². The van der Waals surface area contributed by atoms with Gasteiger partial charge >= 0.3 is 0 Å². The maximum Gasteiger partial charge on any atom is 0.208 e. The van der Waals surface area contributed by atoms with Crippen molar-refractivity contribution in [3.63, 3.8) is 0 Å². The Morgan fingerprint density at radius 2 is 1.45 bits per heavy atom. The molecule has 0 atom stereocenters. The van der Waals surface area contributed by atoms with E-state index in [-0.39, 0.29) is 0 Å². The van der Waals surface area contributed by atoms with E-state index in [0.717, 1.165) is 22.3 Å². The minimum atomic E-state index is 0.478. The van der Waals surface area contributed by atoms with E-state index in [2.05, 4.69) is 29.2 Å². The molecule has 3 aromatic carbocycles. The Balaban J connectivity index is 1.91. The number of hydrogen-bond donors (Lipinski definition) is 0. The van der Waals surface area contributed by atoms with Crippen molar-refractivity contribution < 1.29 is 0 Å². The van der Waals surface area contributed by atoms with Crippen LogP contribution in [0.4, 0.5) is 0 Å². The highest BCUT2D eigenvalue weighted by Crippen LogP contribution is 2.27. The maximum atomic E-state index is 6.35. The van der Waals surface area contributed by atoms with Gasteiger partial charge in [0.15, 0.2) is 0 Å². The number of para-hydroxylation sites is 2. The second kappa shape index (κ2) is 5.32. The predicted octanol–water partition coefficient (Wildman–Crippen LogP) is 5.35. The molecule has 1 heterocycles. The first-order valence-corrected chi connectivity index (χ1v) is 7.49. The van der Waals surface area contributed by atoms with Crippen LogP contribution in [0.5, 0.6) is 0 Å². The number of hydrogen-bond acceptors (Lipinski definition) is 1. The predicted molar refractivity (Wildman–Crippen MR) is 91.5 cm³/mol. The quantitative estimate of drug-likeness (QED) is 0.488. The van der Waals surface area contributed by atoms with Gasteiger partial charge in [0.1, 0.15) is 0 Å². The molecule has 0 amide bonds. The van der Waals surface area contributed by atoms with Crippen molar-refractivity contribution in [1.29, 1.82) is 0 Å². The smallest absolute Gasteiger partial charge is 0.208 e. The summed E-state index contributed by atoms with van der Waals surface area (Å²) in [5, 5.41) is 0.478. The normalized spacial score (nSPS) is 11.0. The van der Waals surface area contributed by atoms with E-state index in [1.54, 1.807) is 0 Å². The molecule has 0 spiro atoms. The molecule has 1 aromatic heterocycles. The van der Waals surface area contributed by atoms with E-state index in [1.165, 1.54) is 5.56 Å². The van der Waals surface area contributed by atoms with Crippen LogP contribution in [-0.4, -0.2) is 9.55 Å². The van der Waals surface area contributed by atoms with Crippen molar-refractivity contribution in [2.45, 2.75) is 0 Å². The Morgan fingerprint density at radius 1 is 0.727 bits per heavy atom. The van der Waals surface area contributed by atoms with Crippen LogP contribution in [0.1, 0.15) is 0 Å². The summed E-state index contributed by atoms with van der Waals surface area (Å²) in [5.41, 5.74) is 5.27. The van der Waals surface area contributed by atoms with E-state index in [4.69, 9.17) is 11.6 Å². The van der Waals surface area contributed by atoms with Crippen LogP contribution in [0.3, 0.4) is 0 Å². The Kier molecular flexibility index (Phi) is 3.17. The summed E-state index contributed by atoms with van der Waals surface area (Å²) in [4.78, 5) is 4.42. The molecular formula is C19H13ClN2. The number of aromatic nitrogens is 2. The molecule has 0 bridgehead atoms. The number of rotatable bonds is 2. The lowest BCUT2D eigenvalue weighted by molar-refractivity contribution is 1.09. The monoisotopic (exact) mass is 304 g/mol. The van der Waals surface area contributed by atoms with Gasteiger partial charge in [-0.2, -0.15) is 0 Å². The van der Waals surface area contributed by atoms with E-state index in [0.29, 0.717) is 5.28 Å². The van der Waals surface area contributed by atoms with Gasteiger partial charge in [-0.15, -0.1) is 0 Å². The molecule has 0 aliphatic carbocycles. The highest BCUT2D eigenvalue weighted by atomic mass is 35.5. The van der Waals surface area contributed by atoms with Crippen LogP contribution in [0.15, 0.2) is 78.9 Å². The lowest BCUT2D eigenvalue weighted by Gasteiger charge is -2.08. The fourth-order valence-electron chi connectivity index (χ4n) is 2.70. The Morgan fingerprint density at radius 3 is 2.32 bits per heavy atom. The fourth-order valence-corrected chi connectivity index (χ4v) is 2.98. The molecular weight excluding hydrogens is 292 g/mol. The van der Waals surface area contributed by atoms with E-state index in [9.17, 15) is 0 Å². The molecule has 3 heteroatoms. The number of imidazole rings is 1. The highest BCUT2D eigenvalue weighted by Gasteiger charge is 2.10. The van der Waals surface area contributed by atoms with Crippen LogP contribution in [0.25, 0.3) is 27.8 Å². The van der Waals surface area contributed by atoms with Crippen LogP contribution in [0.2, 0.25) is 5.28 Å². The van der Waals surface area contributed by atoms with Gasteiger partial charge in [-0.1, -0.05) is 54.6 Å². The van der Waals surface area contributed by atoms with Crippen molar-refractivity contribution in [2.24, 2.45) is 0 Å². The van der Waals surface area contributed by atoms with Gasteiger partial charge in [0.25, 0.3) is 0 Å². The van der Waals surface area contributed by atoms with Gasteiger partial charge in [0.05, 0.1) is 11.0 Å². The third-order valence-electron chi connectivity index (χ3n) is 3.73. The SMILES string of the molecule is Clc1nc2ccccc2n1-c1cccc(-c2ccccc2)c1. The third kappa shape index (κ3) is 2.18. The van der Waals surface area contributed by atoms with Gasteiger partial charge in [-0.05, 0) is 47.0 Å². The molecule has 4 rings (SSSR count). The lowest BCUT2D eigenvalue weighted by Crippen LogP contribution is -1.94. The minimum Gasteiger partial charge on any atom is -0.283 e. The summed E-state index contributed by atoms with van der Waals surface area (Å²) < 4.78 is 1.98. The molecule has 0 unspecified atom stereocenters. The molecule has 22 heavy (non-hydrogen) atoms. The number of nitrogens with zero attached hydrogens (tertiary/aromatic N) is 2. The zero-order valence-electron chi connectivity index (χ0n) is 11.8. The Hall–Kier alpha value is -2.58. The largest absolute Gasteiger partial charge is 0.283 e. The molecule has 0 N–H and O–H groups in total. The average molecular weight is 305 g/mol. The zero-order valence-corrected chi connectivity index (χ0v) is 12.5. The number of halogens is 1. The fraction of sp³-hybridized carbons (Fsp3) is 0. The van der Waals surface area contributed by atoms with Gasteiger partial charge < -0.3 is 0 Å². The van der Waals surface area contributed by atoms with E-state index >= 15 is 0 Å². The van der Waals surface area contributed by atoms with E-state index in [1.807, 2.05) is 59.2 Å². The molecule has 0 saturated carbocycles. The summed E-state index contributed by atoms with van der Waals surface area (Å²) in [6.07, 6.45) is 0. The standard InChI is InChI=1S/C19H13ClN2/c20-19-21-17-11-4-5-12-18(17)22(19)16-10-6-9-15(13-16)14-7-2-1-3-8-14/h1-13H. The van der Waals surface area contributed by atoms with Crippen LogP contribution < -0.4 is 0 Å². The maximum absolute atomic E-state index is 6.35. The van der Waals surface area contributed by atoms with Gasteiger partial charge in [0.2, 0.25) is 5.28 Å². The van der Waals surface area contributed by atoms with Crippen LogP contribution in [0, 0.1) is 0 Å². The molecule has 0 aliphatic heterocycles. The van der Waals surface area contributed by atoms with Crippen molar-refractivity contribution in [2.75, 3.05) is 0 Å². The van der Waals surface area contributed by atoms with E-state index < -0.39 is 0 Å². The summed E-state index contributed by atoms with van der Waals surface area (Å²) in [6, 6.07) is 26.6. The third-order valence-corrected chi connectivity index (χ3v) is 3.98. The summed E-state index contributed by atoms with van der Waals surface area (Å²) in [7, 11) is 0. The second-order valence-corrected chi connectivity index (χ2v) is 5.46.